The SMILES string of the molecule is CCOC1CC(N=C(N)N[C@@H](C)COC)C1. The lowest BCUT2D eigenvalue weighted by atomic mass is 9.90. The lowest BCUT2D eigenvalue weighted by Crippen LogP contribution is -2.43. The van der Waals surface area contributed by atoms with Crippen molar-refractivity contribution in [2.45, 2.75) is 44.9 Å². The first kappa shape index (κ1) is 13.3. The average molecular weight is 229 g/mol. The molecular formula is C11H23N3O2. The van der Waals surface area contributed by atoms with Gasteiger partial charge in [0.25, 0.3) is 0 Å². The topological polar surface area (TPSA) is 68.9 Å². The molecule has 0 bridgehead atoms. The monoisotopic (exact) mass is 229 g/mol. The Morgan fingerprint density at radius 2 is 2.25 bits per heavy atom. The molecule has 1 aliphatic rings. The highest BCUT2D eigenvalue weighted by atomic mass is 16.5. The van der Waals surface area contributed by atoms with Crippen molar-refractivity contribution < 1.29 is 9.47 Å². The fourth-order valence-electron chi connectivity index (χ4n) is 1.79. The summed E-state index contributed by atoms with van der Waals surface area (Å²) >= 11 is 0. The quantitative estimate of drug-likeness (QED) is 0.514. The second-order valence-corrected chi connectivity index (χ2v) is 4.22. The fourth-order valence-corrected chi connectivity index (χ4v) is 1.79. The van der Waals surface area contributed by atoms with Gasteiger partial charge in [-0.15, -0.1) is 0 Å². The molecule has 0 aromatic heterocycles. The van der Waals surface area contributed by atoms with Gasteiger partial charge in [0.2, 0.25) is 0 Å². The molecule has 0 unspecified atom stereocenters. The smallest absolute Gasteiger partial charge is 0.189 e. The van der Waals surface area contributed by atoms with E-state index >= 15 is 0 Å². The van der Waals surface area contributed by atoms with Crippen molar-refractivity contribution in [1.82, 2.24) is 5.32 Å². The second kappa shape index (κ2) is 6.70. The van der Waals surface area contributed by atoms with Crippen LogP contribution in [0.3, 0.4) is 0 Å². The Morgan fingerprint density at radius 1 is 1.56 bits per heavy atom. The number of aliphatic imine (C=N–C) groups is 1. The van der Waals surface area contributed by atoms with E-state index in [4.69, 9.17) is 15.2 Å². The number of nitrogens with two attached hydrogens (primary N) is 1. The van der Waals surface area contributed by atoms with E-state index in [1.54, 1.807) is 7.11 Å². The van der Waals surface area contributed by atoms with Gasteiger partial charge in [-0.3, -0.25) is 0 Å². The van der Waals surface area contributed by atoms with Crippen LogP contribution in [0.25, 0.3) is 0 Å². The highest BCUT2D eigenvalue weighted by Gasteiger charge is 2.29. The summed E-state index contributed by atoms with van der Waals surface area (Å²) < 4.78 is 10.5. The number of ether oxygens (including phenoxy) is 2. The summed E-state index contributed by atoms with van der Waals surface area (Å²) in [6.45, 7) is 5.43. The van der Waals surface area contributed by atoms with Crippen molar-refractivity contribution in [2.75, 3.05) is 20.3 Å². The molecule has 1 atom stereocenters. The van der Waals surface area contributed by atoms with Crippen LogP contribution in [0.15, 0.2) is 4.99 Å². The summed E-state index contributed by atoms with van der Waals surface area (Å²) in [5, 5.41) is 3.09. The Morgan fingerprint density at radius 3 is 2.81 bits per heavy atom. The highest BCUT2D eigenvalue weighted by molar-refractivity contribution is 5.78. The predicted octanol–water partition coefficient (Wildman–Crippen LogP) is 0.493. The first-order valence-electron chi connectivity index (χ1n) is 5.86. The van der Waals surface area contributed by atoms with E-state index in [0.29, 0.717) is 24.7 Å². The number of guanidine groups is 1. The molecule has 0 radical (unpaired) electrons. The Balaban J connectivity index is 2.19. The predicted molar refractivity (Wildman–Crippen MR) is 64.5 cm³/mol. The van der Waals surface area contributed by atoms with E-state index in [9.17, 15) is 0 Å². The summed E-state index contributed by atoms with van der Waals surface area (Å²) in [6.07, 6.45) is 2.34. The Labute approximate surface area is 97.4 Å². The van der Waals surface area contributed by atoms with Crippen LogP contribution in [0.1, 0.15) is 26.7 Å². The number of methoxy groups -OCH3 is 1. The number of nitrogens with zero attached hydrogens (tertiary/aromatic N) is 1. The van der Waals surface area contributed by atoms with E-state index in [0.717, 1.165) is 19.4 Å². The van der Waals surface area contributed by atoms with Gasteiger partial charge in [-0.2, -0.15) is 0 Å². The van der Waals surface area contributed by atoms with Gasteiger partial charge in [-0.1, -0.05) is 0 Å². The van der Waals surface area contributed by atoms with Crippen LogP contribution in [0.5, 0.6) is 0 Å². The Bertz CT molecular complexity index is 227. The normalized spacial score (nSPS) is 27.3. The molecule has 0 amide bonds. The van der Waals surface area contributed by atoms with Gasteiger partial charge in [0, 0.05) is 19.8 Å². The maximum absolute atomic E-state index is 5.78. The summed E-state index contributed by atoms with van der Waals surface area (Å²) in [5.41, 5.74) is 5.78. The maximum atomic E-state index is 5.78. The molecule has 94 valence electrons. The lowest BCUT2D eigenvalue weighted by molar-refractivity contribution is -0.000791. The molecule has 3 N–H and O–H groups in total. The van der Waals surface area contributed by atoms with E-state index in [-0.39, 0.29) is 6.04 Å². The molecule has 5 nitrogen and oxygen atoms in total. The van der Waals surface area contributed by atoms with Gasteiger partial charge in [0.15, 0.2) is 5.96 Å². The number of hydrogen-bond donors (Lipinski definition) is 2. The summed E-state index contributed by atoms with van der Waals surface area (Å²) in [4.78, 5) is 4.38. The van der Waals surface area contributed by atoms with Crippen LogP contribution < -0.4 is 11.1 Å². The third-order valence-electron chi connectivity index (χ3n) is 2.60. The summed E-state index contributed by atoms with van der Waals surface area (Å²) in [7, 11) is 1.67. The first-order chi connectivity index (χ1) is 7.65. The summed E-state index contributed by atoms with van der Waals surface area (Å²) in [6, 6.07) is 0.510. The van der Waals surface area contributed by atoms with E-state index in [1.807, 2.05) is 13.8 Å². The van der Waals surface area contributed by atoms with Crippen LogP contribution in [0.4, 0.5) is 0 Å². The molecular weight excluding hydrogens is 206 g/mol. The van der Waals surface area contributed by atoms with E-state index < -0.39 is 0 Å². The minimum absolute atomic E-state index is 0.191. The molecule has 1 aliphatic carbocycles. The molecule has 1 saturated carbocycles. The van der Waals surface area contributed by atoms with Gasteiger partial charge in [0.05, 0.1) is 18.8 Å². The molecule has 0 heterocycles. The van der Waals surface area contributed by atoms with E-state index in [1.165, 1.54) is 0 Å². The molecule has 0 aromatic rings. The molecule has 0 aliphatic heterocycles. The zero-order chi connectivity index (χ0) is 12.0. The molecule has 0 aromatic carbocycles. The molecule has 1 fully saturated rings. The van der Waals surface area contributed by atoms with Crippen LogP contribution in [0.2, 0.25) is 0 Å². The van der Waals surface area contributed by atoms with Crippen molar-refractivity contribution in [1.29, 1.82) is 0 Å². The van der Waals surface area contributed by atoms with Gasteiger partial charge in [-0.05, 0) is 26.7 Å². The molecule has 0 saturated heterocycles. The molecule has 1 rings (SSSR count). The van der Waals surface area contributed by atoms with Crippen LogP contribution in [0, 0.1) is 0 Å². The van der Waals surface area contributed by atoms with Crippen molar-refractivity contribution in [3.05, 3.63) is 0 Å². The van der Waals surface area contributed by atoms with Gasteiger partial charge >= 0.3 is 0 Å². The molecule has 5 heteroatoms. The van der Waals surface area contributed by atoms with Crippen molar-refractivity contribution >= 4 is 5.96 Å². The number of rotatable bonds is 6. The largest absolute Gasteiger partial charge is 0.383 e. The maximum Gasteiger partial charge on any atom is 0.189 e. The number of nitrogens with one attached hydrogen (secondary N) is 1. The third-order valence-corrected chi connectivity index (χ3v) is 2.60. The lowest BCUT2D eigenvalue weighted by Gasteiger charge is -2.32. The Kier molecular flexibility index (Phi) is 5.55. The van der Waals surface area contributed by atoms with Crippen LogP contribution >= 0.6 is 0 Å². The van der Waals surface area contributed by atoms with E-state index in [2.05, 4.69) is 10.3 Å². The summed E-state index contributed by atoms with van der Waals surface area (Å²) in [5.74, 6) is 0.504. The minimum Gasteiger partial charge on any atom is -0.383 e. The van der Waals surface area contributed by atoms with Crippen molar-refractivity contribution in [3.8, 4) is 0 Å². The molecule has 0 spiro atoms. The van der Waals surface area contributed by atoms with Gasteiger partial charge in [-0.25, -0.2) is 4.99 Å². The highest BCUT2D eigenvalue weighted by Crippen LogP contribution is 2.25. The first-order valence-corrected chi connectivity index (χ1v) is 5.86. The zero-order valence-electron chi connectivity index (χ0n) is 10.4. The van der Waals surface area contributed by atoms with Crippen LogP contribution in [-0.4, -0.2) is 44.5 Å². The fraction of sp³-hybridized carbons (Fsp3) is 0.909. The number of hydrogen-bond acceptors (Lipinski definition) is 3. The standard InChI is InChI=1S/C11H23N3O2/c1-4-16-10-5-9(6-10)14-11(12)13-8(2)7-15-3/h8-10H,4-7H2,1-3H3,(H3,12,13,14)/t8-,9?,10?/m0/s1. The van der Waals surface area contributed by atoms with Crippen molar-refractivity contribution in [2.24, 2.45) is 10.7 Å². The minimum atomic E-state index is 0.191. The molecule has 16 heavy (non-hydrogen) atoms. The zero-order valence-corrected chi connectivity index (χ0v) is 10.4. The average Bonchev–Trinajstić information content (AvgIpc) is 2.14. The van der Waals surface area contributed by atoms with Gasteiger partial charge in [0.1, 0.15) is 0 Å². The Hall–Kier alpha value is -0.810. The van der Waals surface area contributed by atoms with Crippen LogP contribution in [-0.2, 0) is 9.47 Å². The van der Waals surface area contributed by atoms with Crippen molar-refractivity contribution in [3.63, 3.8) is 0 Å². The third kappa shape index (κ3) is 4.37. The van der Waals surface area contributed by atoms with Gasteiger partial charge < -0.3 is 20.5 Å². The second-order valence-electron chi connectivity index (χ2n) is 4.22.